The highest BCUT2D eigenvalue weighted by molar-refractivity contribution is 8.13. The number of ether oxygens (including phenoxy) is 1. The molecule has 0 aliphatic heterocycles. The van der Waals surface area contributed by atoms with Gasteiger partial charge in [-0.05, 0) is 36.6 Å². The molecule has 0 spiro atoms. The standard InChI is InChI=1S/C14H20Cl2O3S/c1-3-5-11(10-20(16,17)18)9-19-13-6-7-14(15)12(4-2)8-13/h6-8,11H,3-5,9-10H2,1-2H3. The van der Waals surface area contributed by atoms with Crippen LogP contribution in [-0.2, 0) is 15.5 Å². The van der Waals surface area contributed by atoms with Gasteiger partial charge in [-0.1, -0.05) is 31.9 Å². The van der Waals surface area contributed by atoms with Crippen molar-refractivity contribution >= 4 is 31.3 Å². The molecule has 1 atom stereocenters. The number of aryl methyl sites for hydroxylation is 1. The molecule has 1 rings (SSSR count). The van der Waals surface area contributed by atoms with Gasteiger partial charge in [0.15, 0.2) is 0 Å². The summed E-state index contributed by atoms with van der Waals surface area (Å²) in [6.45, 7) is 4.36. The monoisotopic (exact) mass is 338 g/mol. The smallest absolute Gasteiger partial charge is 0.232 e. The third kappa shape index (κ3) is 6.33. The molecule has 0 aromatic heterocycles. The van der Waals surface area contributed by atoms with Gasteiger partial charge in [-0.25, -0.2) is 8.42 Å². The van der Waals surface area contributed by atoms with Crippen molar-refractivity contribution in [3.05, 3.63) is 28.8 Å². The van der Waals surface area contributed by atoms with E-state index in [1.165, 1.54) is 0 Å². The second kappa shape index (κ2) is 8.11. The summed E-state index contributed by atoms with van der Waals surface area (Å²) in [6.07, 6.45) is 2.48. The van der Waals surface area contributed by atoms with E-state index in [4.69, 9.17) is 27.0 Å². The van der Waals surface area contributed by atoms with Crippen molar-refractivity contribution < 1.29 is 13.2 Å². The third-order valence-corrected chi connectivity index (χ3v) is 4.63. The summed E-state index contributed by atoms with van der Waals surface area (Å²) in [5, 5.41) is 0.716. The van der Waals surface area contributed by atoms with E-state index in [1.807, 2.05) is 19.9 Å². The molecule has 0 radical (unpaired) electrons. The van der Waals surface area contributed by atoms with Crippen molar-refractivity contribution in [1.29, 1.82) is 0 Å². The van der Waals surface area contributed by atoms with Gasteiger partial charge in [-0.15, -0.1) is 0 Å². The molecule has 0 heterocycles. The summed E-state index contributed by atoms with van der Waals surface area (Å²) < 4.78 is 28.0. The van der Waals surface area contributed by atoms with Gasteiger partial charge >= 0.3 is 0 Å². The second-order valence-electron chi connectivity index (χ2n) is 4.78. The van der Waals surface area contributed by atoms with Crippen molar-refractivity contribution in [1.82, 2.24) is 0 Å². The topological polar surface area (TPSA) is 43.4 Å². The fourth-order valence-corrected chi connectivity index (χ4v) is 3.64. The Bertz CT molecular complexity index is 529. The Hall–Kier alpha value is -0.450. The number of rotatable bonds is 8. The molecule has 0 aliphatic rings. The lowest BCUT2D eigenvalue weighted by molar-refractivity contribution is 0.253. The predicted octanol–water partition coefficient (Wildman–Crippen LogP) is 4.27. The summed E-state index contributed by atoms with van der Waals surface area (Å²) in [5.41, 5.74) is 1.01. The Morgan fingerprint density at radius 1 is 1.30 bits per heavy atom. The molecule has 20 heavy (non-hydrogen) atoms. The number of benzene rings is 1. The number of halogens is 2. The van der Waals surface area contributed by atoms with Crippen LogP contribution < -0.4 is 4.74 Å². The minimum absolute atomic E-state index is 0.0589. The predicted molar refractivity (Wildman–Crippen MR) is 84.4 cm³/mol. The molecule has 0 amide bonds. The van der Waals surface area contributed by atoms with Gasteiger partial charge in [-0.3, -0.25) is 0 Å². The molecule has 1 aromatic rings. The zero-order chi connectivity index (χ0) is 15.2. The Labute approximate surface area is 130 Å². The van der Waals surface area contributed by atoms with E-state index in [0.29, 0.717) is 17.4 Å². The third-order valence-electron chi connectivity index (χ3n) is 3.02. The summed E-state index contributed by atoms with van der Waals surface area (Å²) in [6, 6.07) is 5.48. The van der Waals surface area contributed by atoms with Gasteiger partial charge in [0.05, 0.1) is 12.4 Å². The van der Waals surface area contributed by atoms with Crippen LogP contribution in [0.15, 0.2) is 18.2 Å². The molecule has 1 unspecified atom stereocenters. The summed E-state index contributed by atoms with van der Waals surface area (Å²) in [7, 11) is 1.81. The highest BCUT2D eigenvalue weighted by Gasteiger charge is 2.17. The first-order chi connectivity index (χ1) is 9.35. The van der Waals surface area contributed by atoms with Crippen LogP contribution in [0.1, 0.15) is 32.3 Å². The van der Waals surface area contributed by atoms with Crippen molar-refractivity contribution in [2.45, 2.75) is 33.1 Å². The second-order valence-corrected chi connectivity index (χ2v) is 8.01. The fourth-order valence-electron chi connectivity index (χ4n) is 2.03. The maximum absolute atomic E-state index is 11.2. The van der Waals surface area contributed by atoms with Crippen LogP contribution in [-0.4, -0.2) is 20.8 Å². The molecule has 3 nitrogen and oxygen atoms in total. The van der Waals surface area contributed by atoms with Crippen molar-refractivity contribution in [2.24, 2.45) is 5.92 Å². The van der Waals surface area contributed by atoms with Crippen LogP contribution in [0, 0.1) is 5.92 Å². The molecule has 0 saturated heterocycles. The first kappa shape index (κ1) is 17.6. The van der Waals surface area contributed by atoms with E-state index < -0.39 is 9.05 Å². The Balaban J connectivity index is 2.67. The van der Waals surface area contributed by atoms with Gasteiger partial charge in [0.1, 0.15) is 5.75 Å². The van der Waals surface area contributed by atoms with Gasteiger partial charge in [0.25, 0.3) is 0 Å². The molecule has 6 heteroatoms. The van der Waals surface area contributed by atoms with Gasteiger partial charge < -0.3 is 4.74 Å². The molecular weight excluding hydrogens is 319 g/mol. The largest absolute Gasteiger partial charge is 0.493 e. The number of hydrogen-bond donors (Lipinski definition) is 0. The van der Waals surface area contributed by atoms with Crippen LogP contribution in [0.2, 0.25) is 5.02 Å². The Morgan fingerprint density at radius 3 is 2.55 bits per heavy atom. The van der Waals surface area contributed by atoms with E-state index in [-0.39, 0.29) is 11.7 Å². The lowest BCUT2D eigenvalue weighted by Crippen LogP contribution is -2.19. The first-order valence-electron chi connectivity index (χ1n) is 6.69. The Kier molecular flexibility index (Phi) is 7.13. The summed E-state index contributed by atoms with van der Waals surface area (Å²) in [4.78, 5) is 0. The van der Waals surface area contributed by atoms with E-state index in [0.717, 1.165) is 24.8 Å². The van der Waals surface area contributed by atoms with Crippen LogP contribution in [0.3, 0.4) is 0 Å². The van der Waals surface area contributed by atoms with E-state index in [9.17, 15) is 8.42 Å². The SMILES string of the molecule is CCCC(COc1ccc(Cl)c(CC)c1)CS(=O)(=O)Cl. The molecular formula is C14H20Cl2O3S. The lowest BCUT2D eigenvalue weighted by atomic mass is 10.1. The van der Waals surface area contributed by atoms with E-state index >= 15 is 0 Å². The highest BCUT2D eigenvalue weighted by Crippen LogP contribution is 2.23. The molecule has 0 fully saturated rings. The molecule has 114 valence electrons. The van der Waals surface area contributed by atoms with Crippen LogP contribution >= 0.6 is 22.3 Å². The minimum Gasteiger partial charge on any atom is -0.493 e. The van der Waals surface area contributed by atoms with Crippen molar-refractivity contribution in [2.75, 3.05) is 12.4 Å². The molecule has 1 aromatic carbocycles. The Morgan fingerprint density at radius 2 is 2.00 bits per heavy atom. The minimum atomic E-state index is -3.50. The zero-order valence-electron chi connectivity index (χ0n) is 11.7. The van der Waals surface area contributed by atoms with Crippen LogP contribution in [0.25, 0.3) is 0 Å². The quantitative estimate of drug-likeness (QED) is 0.665. The van der Waals surface area contributed by atoms with Crippen LogP contribution in [0.5, 0.6) is 5.75 Å². The maximum atomic E-state index is 11.2. The zero-order valence-corrected chi connectivity index (χ0v) is 14.1. The highest BCUT2D eigenvalue weighted by atomic mass is 35.7. The van der Waals surface area contributed by atoms with Gasteiger partial charge in [-0.2, -0.15) is 0 Å². The summed E-state index contributed by atoms with van der Waals surface area (Å²) in [5.74, 6) is 0.555. The lowest BCUT2D eigenvalue weighted by Gasteiger charge is -2.16. The van der Waals surface area contributed by atoms with E-state index in [2.05, 4.69) is 0 Å². The number of hydrogen-bond acceptors (Lipinski definition) is 3. The normalized spacial score (nSPS) is 13.2. The average molecular weight is 339 g/mol. The molecule has 0 N–H and O–H groups in total. The molecule has 0 saturated carbocycles. The van der Waals surface area contributed by atoms with E-state index in [1.54, 1.807) is 12.1 Å². The first-order valence-corrected chi connectivity index (χ1v) is 9.55. The average Bonchev–Trinajstić information content (AvgIpc) is 2.36. The van der Waals surface area contributed by atoms with Crippen molar-refractivity contribution in [3.63, 3.8) is 0 Å². The molecule has 0 bridgehead atoms. The fraction of sp³-hybridized carbons (Fsp3) is 0.571. The van der Waals surface area contributed by atoms with Gasteiger partial charge in [0, 0.05) is 21.6 Å². The summed E-state index contributed by atoms with van der Waals surface area (Å²) >= 11 is 6.04. The van der Waals surface area contributed by atoms with Crippen LogP contribution in [0.4, 0.5) is 0 Å². The molecule has 0 aliphatic carbocycles. The van der Waals surface area contributed by atoms with Gasteiger partial charge in [0.2, 0.25) is 9.05 Å². The van der Waals surface area contributed by atoms with Crippen molar-refractivity contribution in [3.8, 4) is 5.75 Å². The maximum Gasteiger partial charge on any atom is 0.232 e.